The molecular formula is C5H11BBr2N2. The fraction of sp³-hybridized carbons (Fsp3) is 0.800. The Labute approximate surface area is 79.6 Å². The summed E-state index contributed by atoms with van der Waals surface area (Å²) in [4.78, 5) is 2.12. The third-order valence-corrected chi connectivity index (χ3v) is 1.14. The molecule has 0 amide bonds. The maximum absolute atomic E-state index is 7.80. The van der Waals surface area contributed by atoms with Gasteiger partial charge in [0.2, 0.25) is 0 Å². The van der Waals surface area contributed by atoms with Crippen LogP contribution in [0.2, 0.25) is 0 Å². The second-order valence-corrected chi connectivity index (χ2v) is 4.89. The molecular weight excluding hydrogens is 259 g/mol. The molecule has 0 saturated carbocycles. The summed E-state index contributed by atoms with van der Waals surface area (Å²) >= 11 is 5.86. The molecule has 5 heteroatoms. The van der Waals surface area contributed by atoms with Crippen molar-refractivity contribution in [1.29, 1.82) is 5.26 Å². The van der Waals surface area contributed by atoms with E-state index in [-0.39, 0.29) is 4.36 Å². The van der Waals surface area contributed by atoms with Crippen LogP contribution < -0.4 is 0 Å². The fourth-order valence-electron chi connectivity index (χ4n) is 0. The summed E-state index contributed by atoms with van der Waals surface area (Å²) in [5.41, 5.74) is 0. The molecule has 10 heavy (non-hydrogen) atoms. The van der Waals surface area contributed by atoms with Crippen molar-refractivity contribution in [3.8, 4) is 5.97 Å². The maximum atomic E-state index is 7.80. The zero-order valence-corrected chi connectivity index (χ0v) is 9.61. The van der Waals surface area contributed by atoms with Crippen LogP contribution in [0.5, 0.6) is 0 Å². The molecule has 0 aliphatic rings. The minimum Gasteiger partial charge on any atom is -0.310 e. The maximum Gasteiger partial charge on any atom is 0.413 e. The lowest BCUT2D eigenvalue weighted by Crippen LogP contribution is -2.08. The topological polar surface area (TPSA) is 27.0 Å². The van der Waals surface area contributed by atoms with Gasteiger partial charge in [0.05, 0.1) is 0 Å². The summed E-state index contributed by atoms with van der Waals surface area (Å²) in [7, 11) is 4.11. The average Bonchev–Trinajstić information content (AvgIpc) is 1.89. The van der Waals surface area contributed by atoms with Crippen LogP contribution in [0, 0.1) is 11.2 Å². The Morgan fingerprint density at radius 1 is 1.50 bits per heavy atom. The van der Waals surface area contributed by atoms with Gasteiger partial charge in [-0.3, -0.25) is 0 Å². The minimum absolute atomic E-state index is 0.185. The Morgan fingerprint density at radius 2 is 1.70 bits per heavy atom. The summed E-state index contributed by atoms with van der Waals surface area (Å²) in [5, 5.41) is 7.80. The summed E-state index contributed by atoms with van der Waals surface area (Å²) in [6.45, 7) is 3.26. The summed E-state index contributed by atoms with van der Waals surface area (Å²) < 4.78 is -0.185. The lowest BCUT2D eigenvalue weighted by molar-refractivity contribution is 0.434. The molecule has 58 valence electrons. The molecule has 0 aromatic heterocycles. The molecule has 0 heterocycles. The Morgan fingerprint density at radius 3 is 1.70 bits per heavy atom. The molecule has 0 spiro atoms. The first-order valence-electron chi connectivity index (χ1n) is 2.87. The highest BCUT2D eigenvalue weighted by Crippen LogP contribution is 1.97. The van der Waals surface area contributed by atoms with E-state index in [1.165, 1.54) is 0 Å². The van der Waals surface area contributed by atoms with Gasteiger partial charge >= 0.3 is 4.36 Å². The summed E-state index contributed by atoms with van der Waals surface area (Å²) in [6.07, 6.45) is 0. The molecule has 0 rings (SSSR count). The number of nitriles is 1. The molecule has 0 aromatic rings. The third kappa shape index (κ3) is 23.6. The van der Waals surface area contributed by atoms with Crippen LogP contribution in [-0.4, -0.2) is 29.9 Å². The van der Waals surface area contributed by atoms with E-state index in [2.05, 4.69) is 57.4 Å². The minimum atomic E-state index is -0.185. The van der Waals surface area contributed by atoms with Crippen molar-refractivity contribution in [3.63, 3.8) is 0 Å². The van der Waals surface area contributed by atoms with Crippen LogP contribution in [0.4, 0.5) is 0 Å². The van der Waals surface area contributed by atoms with Crippen LogP contribution in [0.3, 0.4) is 0 Å². The quantitative estimate of drug-likeness (QED) is 0.680. The van der Waals surface area contributed by atoms with Gasteiger partial charge in [0.25, 0.3) is 0 Å². The Balaban J connectivity index is 0. The van der Waals surface area contributed by atoms with E-state index in [0.717, 1.165) is 6.54 Å². The highest BCUT2D eigenvalue weighted by molar-refractivity contribution is 9.49. The zero-order chi connectivity index (χ0) is 8.57. The summed E-state index contributed by atoms with van der Waals surface area (Å²) in [5.74, 6) is 1.86. The normalized spacial score (nSPS) is 7.70. The van der Waals surface area contributed by atoms with Crippen LogP contribution in [0.1, 0.15) is 6.92 Å². The lowest BCUT2D eigenvalue weighted by Gasteiger charge is -2.00. The van der Waals surface area contributed by atoms with E-state index < -0.39 is 0 Å². The van der Waals surface area contributed by atoms with Crippen LogP contribution in [0.25, 0.3) is 0 Å². The second kappa shape index (κ2) is 9.47. The van der Waals surface area contributed by atoms with E-state index in [9.17, 15) is 0 Å². The largest absolute Gasteiger partial charge is 0.413 e. The van der Waals surface area contributed by atoms with Gasteiger partial charge in [-0.25, -0.2) is 5.26 Å². The smallest absolute Gasteiger partial charge is 0.310 e. The van der Waals surface area contributed by atoms with Crippen molar-refractivity contribution in [2.24, 2.45) is 0 Å². The highest BCUT2D eigenvalue weighted by atomic mass is 79.9. The van der Waals surface area contributed by atoms with Gasteiger partial charge in [0.15, 0.2) is 0 Å². The molecule has 0 saturated heterocycles. The number of nitrogens with zero attached hydrogens (tertiary/aromatic N) is 2. The zero-order valence-electron chi connectivity index (χ0n) is 6.43. The molecule has 0 aliphatic heterocycles. The molecule has 0 aromatic carbocycles. The van der Waals surface area contributed by atoms with E-state index in [1.54, 1.807) is 0 Å². The fourth-order valence-corrected chi connectivity index (χ4v) is 0. The first-order valence-corrected chi connectivity index (χ1v) is 4.70. The van der Waals surface area contributed by atoms with Gasteiger partial charge in [-0.05, 0) is 20.6 Å². The van der Waals surface area contributed by atoms with Gasteiger partial charge in [0, 0.05) is 5.97 Å². The van der Waals surface area contributed by atoms with E-state index in [4.69, 9.17) is 5.26 Å². The van der Waals surface area contributed by atoms with E-state index in [1.807, 2.05) is 5.97 Å². The first kappa shape index (κ1) is 13.1. The van der Waals surface area contributed by atoms with Crippen molar-refractivity contribution < 1.29 is 0 Å². The number of halogens is 2. The van der Waals surface area contributed by atoms with Crippen molar-refractivity contribution >= 4 is 35.9 Å². The lowest BCUT2D eigenvalue weighted by atomic mass is 10.2. The number of hydrogen-bond donors (Lipinski definition) is 0. The van der Waals surface area contributed by atoms with Crippen molar-refractivity contribution in [2.75, 3.05) is 20.6 Å². The molecule has 0 bridgehead atoms. The van der Waals surface area contributed by atoms with Gasteiger partial charge in [-0.2, -0.15) is 0 Å². The second-order valence-electron chi connectivity index (χ2n) is 1.83. The Bertz CT molecular complexity index is 100. The monoisotopic (exact) mass is 268 g/mol. The highest BCUT2D eigenvalue weighted by Gasteiger charge is 1.95. The molecule has 0 N–H and O–H groups in total. The van der Waals surface area contributed by atoms with Crippen LogP contribution in [-0.2, 0) is 0 Å². The predicted octanol–water partition coefficient (Wildman–Crippen LogP) is 1.90. The first-order chi connectivity index (χ1) is 4.54. The van der Waals surface area contributed by atoms with E-state index >= 15 is 0 Å². The molecule has 0 fully saturated rings. The van der Waals surface area contributed by atoms with Crippen molar-refractivity contribution in [2.45, 2.75) is 6.92 Å². The standard InChI is InChI=1S/C4H11N.CBBr2N/c1-4-5(2)3;3-2(4)1-5/h4H2,1-3H3;. The van der Waals surface area contributed by atoms with Gasteiger partial charge in [0.1, 0.15) is 0 Å². The van der Waals surface area contributed by atoms with Crippen molar-refractivity contribution in [1.82, 2.24) is 4.90 Å². The van der Waals surface area contributed by atoms with E-state index in [0.29, 0.717) is 0 Å². The number of rotatable bonds is 1. The van der Waals surface area contributed by atoms with Crippen LogP contribution >= 0.6 is 31.5 Å². The third-order valence-electron chi connectivity index (χ3n) is 0.730. The van der Waals surface area contributed by atoms with Gasteiger partial charge in [-0.1, -0.05) is 6.92 Å². The Kier molecular flexibility index (Phi) is 12.4. The molecule has 0 radical (unpaired) electrons. The molecule has 0 unspecified atom stereocenters. The SMILES string of the molecule is CCN(C)C.N#CB(Br)Br. The molecule has 0 aliphatic carbocycles. The predicted molar refractivity (Wildman–Crippen MR) is 53.4 cm³/mol. The van der Waals surface area contributed by atoms with Gasteiger partial charge < -0.3 is 4.90 Å². The van der Waals surface area contributed by atoms with Gasteiger partial charge in [-0.15, -0.1) is 31.5 Å². The number of hydrogen-bond acceptors (Lipinski definition) is 2. The van der Waals surface area contributed by atoms with Crippen LogP contribution in [0.15, 0.2) is 0 Å². The summed E-state index contributed by atoms with van der Waals surface area (Å²) in [6, 6.07) is 0. The van der Waals surface area contributed by atoms with Crippen molar-refractivity contribution in [3.05, 3.63) is 0 Å². The molecule has 0 atom stereocenters. The molecule has 2 nitrogen and oxygen atoms in total. The average molecular weight is 270 g/mol. The Hall–Kier alpha value is 0.475.